The van der Waals surface area contributed by atoms with Gasteiger partial charge in [0.25, 0.3) is 0 Å². The van der Waals surface area contributed by atoms with Gasteiger partial charge in [-0.1, -0.05) is 54.1 Å². The van der Waals surface area contributed by atoms with Crippen LogP contribution in [0.5, 0.6) is 0 Å². The summed E-state index contributed by atoms with van der Waals surface area (Å²) in [7, 11) is 0. The first-order valence-corrected chi connectivity index (χ1v) is 8.35. The van der Waals surface area contributed by atoms with Crippen LogP contribution in [0.2, 0.25) is 0 Å². The third kappa shape index (κ3) is 2.69. The predicted molar refractivity (Wildman–Crippen MR) is 101 cm³/mol. The van der Waals surface area contributed by atoms with Crippen LogP contribution in [0.25, 0.3) is 21.9 Å². The molecule has 120 valence electrons. The van der Waals surface area contributed by atoms with Gasteiger partial charge in [0, 0.05) is 5.56 Å². The minimum atomic E-state index is -0.149. The van der Waals surface area contributed by atoms with E-state index in [-0.39, 0.29) is 5.54 Å². The second-order valence-electron chi connectivity index (χ2n) is 7.13. The third-order valence-electron chi connectivity index (χ3n) is 4.43. The molecule has 1 aliphatic heterocycles. The number of aryl methyl sites for hydroxylation is 1. The molecule has 1 heterocycles. The monoisotopic (exact) mass is 315 g/mol. The van der Waals surface area contributed by atoms with Crippen molar-refractivity contribution >= 4 is 16.7 Å². The minimum absolute atomic E-state index is 0.149. The Morgan fingerprint density at radius 3 is 2.33 bits per heavy atom. The maximum absolute atomic E-state index is 5.87. The number of benzene rings is 3. The zero-order chi connectivity index (χ0) is 16.7. The first-order valence-electron chi connectivity index (χ1n) is 8.35. The van der Waals surface area contributed by atoms with Gasteiger partial charge >= 0.3 is 0 Å². The summed E-state index contributed by atoms with van der Waals surface area (Å²) >= 11 is 0. The van der Waals surface area contributed by atoms with Crippen LogP contribution in [-0.4, -0.2) is 18.0 Å². The zero-order valence-corrected chi connectivity index (χ0v) is 14.3. The van der Waals surface area contributed by atoms with Crippen molar-refractivity contribution < 1.29 is 4.74 Å². The van der Waals surface area contributed by atoms with E-state index in [0.29, 0.717) is 6.61 Å². The molecule has 3 aromatic rings. The van der Waals surface area contributed by atoms with E-state index in [1.165, 1.54) is 21.9 Å². The molecule has 0 saturated heterocycles. The van der Waals surface area contributed by atoms with Crippen molar-refractivity contribution in [2.24, 2.45) is 4.99 Å². The van der Waals surface area contributed by atoms with Gasteiger partial charge in [0.2, 0.25) is 5.90 Å². The summed E-state index contributed by atoms with van der Waals surface area (Å²) in [5.74, 6) is 0.750. The van der Waals surface area contributed by atoms with Gasteiger partial charge in [0.05, 0.1) is 5.54 Å². The summed E-state index contributed by atoms with van der Waals surface area (Å²) < 4.78 is 5.87. The molecule has 4 rings (SSSR count). The van der Waals surface area contributed by atoms with Crippen LogP contribution in [0, 0.1) is 6.92 Å². The lowest BCUT2D eigenvalue weighted by Crippen LogP contribution is -2.17. The Balaban J connectivity index is 1.84. The van der Waals surface area contributed by atoms with Crippen LogP contribution >= 0.6 is 0 Å². The summed E-state index contributed by atoms with van der Waals surface area (Å²) in [6, 6.07) is 21.5. The molecular weight excluding hydrogens is 294 g/mol. The standard InChI is InChI=1S/C22H21NO/c1-15-8-9-17-13-18(11-10-16(17)12-15)19-6-4-5-7-20(19)21-23-22(2,3)14-24-21/h4-13H,14H2,1-3H3. The van der Waals surface area contributed by atoms with Crippen molar-refractivity contribution in [3.05, 3.63) is 71.8 Å². The molecule has 24 heavy (non-hydrogen) atoms. The summed E-state index contributed by atoms with van der Waals surface area (Å²) in [5.41, 5.74) is 4.55. The lowest BCUT2D eigenvalue weighted by molar-refractivity contribution is 0.279. The highest BCUT2D eigenvalue weighted by Gasteiger charge is 2.28. The van der Waals surface area contributed by atoms with Gasteiger partial charge in [-0.25, -0.2) is 4.99 Å². The first kappa shape index (κ1) is 14.9. The first-order chi connectivity index (χ1) is 11.5. The molecule has 0 atom stereocenters. The van der Waals surface area contributed by atoms with E-state index in [2.05, 4.69) is 75.4 Å². The van der Waals surface area contributed by atoms with Crippen LogP contribution in [0.1, 0.15) is 25.0 Å². The Kier molecular flexibility index (Phi) is 3.42. The fourth-order valence-corrected chi connectivity index (χ4v) is 3.18. The van der Waals surface area contributed by atoms with Crippen molar-refractivity contribution in [2.45, 2.75) is 26.3 Å². The van der Waals surface area contributed by atoms with Crippen molar-refractivity contribution in [1.82, 2.24) is 0 Å². The molecule has 0 fully saturated rings. The molecule has 0 N–H and O–H groups in total. The zero-order valence-electron chi connectivity index (χ0n) is 14.3. The Labute approximate surface area is 142 Å². The number of nitrogens with zero attached hydrogens (tertiary/aromatic N) is 1. The van der Waals surface area contributed by atoms with Gasteiger partial charge in [0.1, 0.15) is 6.61 Å². The van der Waals surface area contributed by atoms with E-state index in [1.807, 2.05) is 6.07 Å². The van der Waals surface area contributed by atoms with Crippen LogP contribution in [-0.2, 0) is 4.74 Å². The van der Waals surface area contributed by atoms with Gasteiger partial charge in [-0.3, -0.25) is 0 Å². The van der Waals surface area contributed by atoms with Gasteiger partial charge in [-0.15, -0.1) is 0 Å². The lowest BCUT2D eigenvalue weighted by Gasteiger charge is -2.10. The highest BCUT2D eigenvalue weighted by molar-refractivity contribution is 6.02. The highest BCUT2D eigenvalue weighted by Crippen LogP contribution is 2.30. The molecule has 3 aromatic carbocycles. The topological polar surface area (TPSA) is 21.6 Å². The molecule has 0 radical (unpaired) electrons. The van der Waals surface area contributed by atoms with E-state index in [1.54, 1.807) is 0 Å². The summed E-state index contributed by atoms with van der Waals surface area (Å²) in [6.07, 6.45) is 0. The maximum Gasteiger partial charge on any atom is 0.217 e. The third-order valence-corrected chi connectivity index (χ3v) is 4.43. The summed E-state index contributed by atoms with van der Waals surface area (Å²) in [5, 5.41) is 2.52. The van der Waals surface area contributed by atoms with Crippen molar-refractivity contribution in [3.8, 4) is 11.1 Å². The fourth-order valence-electron chi connectivity index (χ4n) is 3.18. The van der Waals surface area contributed by atoms with Crippen molar-refractivity contribution in [2.75, 3.05) is 6.61 Å². The highest BCUT2D eigenvalue weighted by atomic mass is 16.5. The number of hydrogen-bond acceptors (Lipinski definition) is 2. The molecule has 0 aliphatic carbocycles. The minimum Gasteiger partial charge on any atom is -0.475 e. The smallest absolute Gasteiger partial charge is 0.217 e. The van der Waals surface area contributed by atoms with Gasteiger partial charge in [0.15, 0.2) is 0 Å². The molecule has 2 nitrogen and oxygen atoms in total. The molecule has 0 saturated carbocycles. The summed E-state index contributed by atoms with van der Waals surface area (Å²) in [6.45, 7) is 6.95. The van der Waals surface area contributed by atoms with Gasteiger partial charge in [-0.2, -0.15) is 0 Å². The van der Waals surface area contributed by atoms with E-state index in [4.69, 9.17) is 9.73 Å². The van der Waals surface area contributed by atoms with Crippen LogP contribution in [0.15, 0.2) is 65.7 Å². The quantitative estimate of drug-likeness (QED) is 0.623. The van der Waals surface area contributed by atoms with Crippen LogP contribution in [0.3, 0.4) is 0 Å². The maximum atomic E-state index is 5.87. The van der Waals surface area contributed by atoms with E-state index < -0.39 is 0 Å². The second kappa shape index (κ2) is 5.48. The Bertz CT molecular complexity index is 953. The number of hydrogen-bond donors (Lipinski definition) is 0. The molecule has 2 heteroatoms. The Hall–Kier alpha value is -2.61. The van der Waals surface area contributed by atoms with Crippen molar-refractivity contribution in [3.63, 3.8) is 0 Å². The molecular formula is C22H21NO. The molecule has 0 amide bonds. The predicted octanol–water partition coefficient (Wildman–Crippen LogP) is 5.37. The van der Waals surface area contributed by atoms with Crippen LogP contribution < -0.4 is 0 Å². The molecule has 1 aliphatic rings. The normalized spacial score (nSPS) is 16.0. The Morgan fingerprint density at radius 1 is 0.875 bits per heavy atom. The van der Waals surface area contributed by atoms with E-state index in [0.717, 1.165) is 17.0 Å². The largest absolute Gasteiger partial charge is 0.475 e. The molecule has 0 aromatic heterocycles. The lowest BCUT2D eigenvalue weighted by atomic mass is 9.96. The average molecular weight is 315 g/mol. The Morgan fingerprint density at radius 2 is 1.58 bits per heavy atom. The fraction of sp³-hybridized carbons (Fsp3) is 0.227. The average Bonchev–Trinajstić information content (AvgIpc) is 2.94. The number of fused-ring (bicyclic) bond motifs is 1. The summed E-state index contributed by atoms with van der Waals surface area (Å²) in [4.78, 5) is 4.75. The van der Waals surface area contributed by atoms with Crippen molar-refractivity contribution in [1.29, 1.82) is 0 Å². The van der Waals surface area contributed by atoms with Gasteiger partial charge in [-0.05, 0) is 54.8 Å². The number of ether oxygens (including phenoxy) is 1. The SMILES string of the molecule is Cc1ccc2cc(-c3ccccc3C3=NC(C)(C)CO3)ccc2c1. The number of aliphatic imine (C=N–C) groups is 1. The number of rotatable bonds is 2. The second-order valence-corrected chi connectivity index (χ2v) is 7.13. The molecule has 0 bridgehead atoms. The van der Waals surface area contributed by atoms with E-state index >= 15 is 0 Å². The van der Waals surface area contributed by atoms with Crippen LogP contribution in [0.4, 0.5) is 0 Å². The molecule has 0 spiro atoms. The van der Waals surface area contributed by atoms with Gasteiger partial charge < -0.3 is 4.74 Å². The molecule has 0 unspecified atom stereocenters. The van der Waals surface area contributed by atoms with E-state index in [9.17, 15) is 0 Å².